The molecule has 0 bridgehead atoms. The van der Waals surface area contributed by atoms with Gasteiger partial charge >= 0.3 is 0 Å². The highest BCUT2D eigenvalue weighted by Crippen LogP contribution is 2.46. The lowest BCUT2D eigenvalue weighted by molar-refractivity contribution is -0.137. The van der Waals surface area contributed by atoms with Crippen LogP contribution in [0.25, 0.3) is 0 Å². The monoisotopic (exact) mass is 248 g/mol. The van der Waals surface area contributed by atoms with Gasteiger partial charge in [-0.25, -0.2) is 0 Å². The Bertz CT molecular complexity index is 424. The van der Waals surface area contributed by atoms with Gasteiger partial charge in [0.15, 0.2) is 0 Å². The van der Waals surface area contributed by atoms with Crippen LogP contribution < -0.4 is 5.73 Å². The maximum atomic E-state index is 12.4. The standard InChI is InChI=1S/C13H20N4O/c14-9-13(4-5-13)12(18)17-7-1-2-10(8-17)11-3-6-15-16-11/h3,6,10H,1-2,4-5,7-9,14H2,(H,15,16). The number of carbonyl (C=O) groups is 1. The molecule has 0 radical (unpaired) electrons. The van der Waals surface area contributed by atoms with Crippen molar-refractivity contribution in [3.05, 3.63) is 18.0 Å². The third kappa shape index (κ3) is 1.92. The topological polar surface area (TPSA) is 75.0 Å². The van der Waals surface area contributed by atoms with Crippen molar-refractivity contribution in [3.8, 4) is 0 Å². The lowest BCUT2D eigenvalue weighted by atomic mass is 9.93. The van der Waals surface area contributed by atoms with Crippen LogP contribution in [-0.4, -0.2) is 40.6 Å². The van der Waals surface area contributed by atoms with Crippen LogP contribution in [0.4, 0.5) is 0 Å². The molecule has 3 N–H and O–H groups in total. The van der Waals surface area contributed by atoms with Gasteiger partial charge in [0, 0.05) is 37.4 Å². The number of aromatic amines is 1. The average Bonchev–Trinajstić information content (AvgIpc) is 3.03. The number of carbonyl (C=O) groups excluding carboxylic acids is 1. The zero-order valence-electron chi connectivity index (χ0n) is 10.6. The van der Waals surface area contributed by atoms with Crippen molar-refractivity contribution >= 4 is 5.91 Å². The minimum atomic E-state index is -0.212. The van der Waals surface area contributed by atoms with Gasteiger partial charge in [-0.3, -0.25) is 9.89 Å². The number of nitrogens with two attached hydrogens (primary N) is 1. The molecular weight excluding hydrogens is 228 g/mol. The molecule has 0 spiro atoms. The van der Waals surface area contributed by atoms with E-state index in [4.69, 9.17) is 5.73 Å². The normalized spacial score (nSPS) is 26.1. The van der Waals surface area contributed by atoms with E-state index in [-0.39, 0.29) is 11.3 Å². The van der Waals surface area contributed by atoms with E-state index in [1.54, 1.807) is 6.20 Å². The number of hydrogen-bond acceptors (Lipinski definition) is 3. The second kappa shape index (κ2) is 4.39. The van der Waals surface area contributed by atoms with Gasteiger partial charge in [0.05, 0.1) is 5.41 Å². The Morgan fingerprint density at radius 3 is 3.06 bits per heavy atom. The average molecular weight is 248 g/mol. The molecule has 5 heteroatoms. The molecule has 1 saturated heterocycles. The molecule has 1 aromatic rings. The third-order valence-electron chi connectivity index (χ3n) is 4.37. The summed E-state index contributed by atoms with van der Waals surface area (Å²) in [6.07, 6.45) is 5.90. The van der Waals surface area contributed by atoms with E-state index < -0.39 is 0 Å². The summed E-state index contributed by atoms with van der Waals surface area (Å²) >= 11 is 0. The molecule has 2 aliphatic rings. The van der Waals surface area contributed by atoms with Crippen LogP contribution in [0, 0.1) is 5.41 Å². The van der Waals surface area contributed by atoms with Crippen LogP contribution >= 0.6 is 0 Å². The Labute approximate surface area is 107 Å². The summed E-state index contributed by atoms with van der Waals surface area (Å²) in [6, 6.07) is 2.01. The molecule has 3 rings (SSSR count). The maximum Gasteiger partial charge on any atom is 0.230 e. The summed E-state index contributed by atoms with van der Waals surface area (Å²) < 4.78 is 0. The highest BCUT2D eigenvalue weighted by Gasteiger charge is 2.50. The van der Waals surface area contributed by atoms with E-state index in [9.17, 15) is 4.79 Å². The molecule has 2 heterocycles. The summed E-state index contributed by atoms with van der Waals surface area (Å²) in [5, 5.41) is 7.02. The molecule has 1 atom stereocenters. The Morgan fingerprint density at radius 2 is 2.44 bits per heavy atom. The van der Waals surface area contributed by atoms with Crippen LogP contribution in [-0.2, 0) is 4.79 Å². The summed E-state index contributed by atoms with van der Waals surface area (Å²) in [6.45, 7) is 2.19. The number of amides is 1. The summed E-state index contributed by atoms with van der Waals surface area (Å²) in [5.41, 5.74) is 6.67. The predicted molar refractivity (Wildman–Crippen MR) is 67.9 cm³/mol. The number of H-pyrrole nitrogens is 1. The molecule has 1 saturated carbocycles. The van der Waals surface area contributed by atoms with Crippen LogP contribution in [0.1, 0.15) is 37.3 Å². The Kier molecular flexibility index (Phi) is 2.86. The van der Waals surface area contributed by atoms with Gasteiger partial charge in [0.2, 0.25) is 5.91 Å². The summed E-state index contributed by atoms with van der Waals surface area (Å²) in [4.78, 5) is 14.5. The fourth-order valence-electron chi connectivity index (χ4n) is 2.90. The quantitative estimate of drug-likeness (QED) is 0.833. The van der Waals surface area contributed by atoms with E-state index in [0.717, 1.165) is 44.5 Å². The molecule has 98 valence electrons. The van der Waals surface area contributed by atoms with Gasteiger partial charge in [0.1, 0.15) is 0 Å². The summed E-state index contributed by atoms with van der Waals surface area (Å²) in [7, 11) is 0. The SMILES string of the molecule is NCC1(C(=O)N2CCCC(c3ccn[nH]3)C2)CC1. The number of nitrogens with one attached hydrogen (secondary N) is 1. The lowest BCUT2D eigenvalue weighted by Crippen LogP contribution is -2.45. The molecular formula is C13H20N4O. The van der Waals surface area contributed by atoms with Crippen LogP contribution in [0.15, 0.2) is 12.3 Å². The minimum Gasteiger partial charge on any atom is -0.342 e. The first-order valence-corrected chi connectivity index (χ1v) is 6.74. The lowest BCUT2D eigenvalue weighted by Gasteiger charge is -2.34. The fourth-order valence-corrected chi connectivity index (χ4v) is 2.90. The first-order valence-electron chi connectivity index (χ1n) is 6.74. The van der Waals surface area contributed by atoms with Gasteiger partial charge in [-0.15, -0.1) is 0 Å². The molecule has 1 amide bonds. The van der Waals surface area contributed by atoms with Crippen molar-refractivity contribution in [2.45, 2.75) is 31.6 Å². The van der Waals surface area contributed by atoms with Crippen LogP contribution in [0.2, 0.25) is 0 Å². The van der Waals surface area contributed by atoms with Crippen molar-refractivity contribution in [2.24, 2.45) is 11.1 Å². The second-order valence-corrected chi connectivity index (χ2v) is 5.59. The van der Waals surface area contributed by atoms with Crippen molar-refractivity contribution in [2.75, 3.05) is 19.6 Å². The van der Waals surface area contributed by atoms with Gasteiger partial charge in [0.25, 0.3) is 0 Å². The Hall–Kier alpha value is -1.36. The predicted octanol–water partition coefficient (Wildman–Crippen LogP) is 0.855. The first-order chi connectivity index (χ1) is 8.75. The molecule has 0 aromatic carbocycles. The molecule has 5 nitrogen and oxygen atoms in total. The zero-order valence-corrected chi connectivity index (χ0v) is 10.6. The number of piperidine rings is 1. The van der Waals surface area contributed by atoms with Gasteiger partial charge in [-0.05, 0) is 31.7 Å². The molecule has 18 heavy (non-hydrogen) atoms. The van der Waals surface area contributed by atoms with Crippen molar-refractivity contribution in [3.63, 3.8) is 0 Å². The van der Waals surface area contributed by atoms with E-state index in [1.807, 2.05) is 11.0 Å². The summed E-state index contributed by atoms with van der Waals surface area (Å²) in [5.74, 6) is 0.674. The van der Waals surface area contributed by atoms with Gasteiger partial charge in [-0.2, -0.15) is 5.10 Å². The zero-order chi connectivity index (χ0) is 12.6. The Morgan fingerprint density at radius 1 is 1.61 bits per heavy atom. The van der Waals surface area contributed by atoms with E-state index >= 15 is 0 Å². The van der Waals surface area contributed by atoms with E-state index in [1.165, 1.54) is 0 Å². The highest BCUT2D eigenvalue weighted by molar-refractivity contribution is 5.85. The molecule has 2 fully saturated rings. The largest absolute Gasteiger partial charge is 0.342 e. The fraction of sp³-hybridized carbons (Fsp3) is 0.692. The molecule has 1 unspecified atom stereocenters. The number of hydrogen-bond donors (Lipinski definition) is 2. The number of likely N-dealkylation sites (tertiary alicyclic amines) is 1. The number of nitrogens with zero attached hydrogens (tertiary/aromatic N) is 2. The third-order valence-corrected chi connectivity index (χ3v) is 4.37. The highest BCUT2D eigenvalue weighted by atomic mass is 16.2. The first kappa shape index (κ1) is 11.7. The van der Waals surface area contributed by atoms with Gasteiger partial charge < -0.3 is 10.6 Å². The van der Waals surface area contributed by atoms with E-state index in [2.05, 4.69) is 10.2 Å². The van der Waals surface area contributed by atoms with Gasteiger partial charge in [-0.1, -0.05) is 0 Å². The molecule has 1 aliphatic heterocycles. The molecule has 1 aromatic heterocycles. The number of rotatable bonds is 3. The van der Waals surface area contributed by atoms with Crippen molar-refractivity contribution in [1.82, 2.24) is 15.1 Å². The molecule has 1 aliphatic carbocycles. The van der Waals surface area contributed by atoms with Crippen LogP contribution in [0.3, 0.4) is 0 Å². The number of aromatic nitrogens is 2. The van der Waals surface area contributed by atoms with Crippen molar-refractivity contribution in [1.29, 1.82) is 0 Å². The van der Waals surface area contributed by atoms with Crippen LogP contribution in [0.5, 0.6) is 0 Å². The minimum absolute atomic E-state index is 0.212. The maximum absolute atomic E-state index is 12.4. The smallest absolute Gasteiger partial charge is 0.230 e. The van der Waals surface area contributed by atoms with E-state index in [0.29, 0.717) is 12.5 Å². The van der Waals surface area contributed by atoms with Crippen molar-refractivity contribution < 1.29 is 4.79 Å². The second-order valence-electron chi connectivity index (χ2n) is 5.59. The Balaban J connectivity index is 1.69.